The molecule has 1 N–H and O–H groups in total. The number of hydrogen-bond donors (Lipinski definition) is 1. The normalized spacial score (nSPS) is 10.5. The number of carbonyl (C=O) groups is 1. The van der Waals surface area contributed by atoms with Crippen molar-refractivity contribution in [1.82, 2.24) is 9.13 Å². The van der Waals surface area contributed by atoms with Gasteiger partial charge in [-0.3, -0.25) is 14.2 Å². The van der Waals surface area contributed by atoms with Crippen LogP contribution in [-0.4, -0.2) is 15.0 Å². The van der Waals surface area contributed by atoms with Crippen LogP contribution in [0.15, 0.2) is 34.0 Å². The van der Waals surface area contributed by atoms with E-state index in [4.69, 9.17) is 11.6 Å². The number of carbonyl (C=O) groups excluding carboxylic acids is 1. The molecule has 0 saturated heterocycles. The molecule has 0 saturated carbocycles. The van der Waals surface area contributed by atoms with Crippen LogP contribution in [-0.2, 0) is 14.1 Å². The first-order chi connectivity index (χ1) is 9.81. The number of nitrogens with zero attached hydrogens (tertiary/aromatic N) is 2. The molecular formula is C14H14ClN3O3. The van der Waals surface area contributed by atoms with Crippen LogP contribution in [0.1, 0.15) is 15.9 Å². The highest BCUT2D eigenvalue weighted by molar-refractivity contribution is 6.30. The molecule has 0 aliphatic heterocycles. The molecule has 1 aromatic carbocycles. The maximum atomic E-state index is 12.2. The highest BCUT2D eigenvalue weighted by atomic mass is 35.5. The second kappa shape index (κ2) is 5.57. The summed E-state index contributed by atoms with van der Waals surface area (Å²) in [6.07, 6.45) is 1.23. The molecule has 21 heavy (non-hydrogen) atoms. The summed E-state index contributed by atoms with van der Waals surface area (Å²) in [6, 6.07) is 5.00. The van der Waals surface area contributed by atoms with E-state index in [9.17, 15) is 14.4 Å². The van der Waals surface area contributed by atoms with Gasteiger partial charge in [-0.15, -0.1) is 0 Å². The van der Waals surface area contributed by atoms with Crippen molar-refractivity contribution in [2.75, 3.05) is 5.32 Å². The Bertz CT molecular complexity index is 836. The van der Waals surface area contributed by atoms with Crippen LogP contribution in [0, 0.1) is 6.92 Å². The van der Waals surface area contributed by atoms with Crippen LogP contribution < -0.4 is 16.6 Å². The summed E-state index contributed by atoms with van der Waals surface area (Å²) in [5.41, 5.74) is 0.105. The van der Waals surface area contributed by atoms with E-state index < -0.39 is 17.2 Å². The zero-order valence-corrected chi connectivity index (χ0v) is 12.6. The van der Waals surface area contributed by atoms with E-state index in [2.05, 4.69) is 5.32 Å². The number of benzene rings is 1. The molecule has 0 bridgehead atoms. The van der Waals surface area contributed by atoms with E-state index >= 15 is 0 Å². The van der Waals surface area contributed by atoms with Crippen LogP contribution >= 0.6 is 11.6 Å². The van der Waals surface area contributed by atoms with Crippen molar-refractivity contribution in [3.63, 3.8) is 0 Å². The van der Waals surface area contributed by atoms with Crippen LogP contribution in [0.3, 0.4) is 0 Å². The first-order valence-electron chi connectivity index (χ1n) is 6.15. The molecule has 0 spiro atoms. The van der Waals surface area contributed by atoms with Crippen LogP contribution in [0.25, 0.3) is 0 Å². The van der Waals surface area contributed by atoms with Gasteiger partial charge in [0.15, 0.2) is 0 Å². The summed E-state index contributed by atoms with van der Waals surface area (Å²) in [5.74, 6) is -0.573. The van der Waals surface area contributed by atoms with Gasteiger partial charge in [-0.25, -0.2) is 4.79 Å². The van der Waals surface area contributed by atoms with Gasteiger partial charge >= 0.3 is 5.69 Å². The minimum Gasteiger partial charge on any atom is -0.322 e. The second-order valence-electron chi connectivity index (χ2n) is 4.71. The summed E-state index contributed by atoms with van der Waals surface area (Å²) >= 11 is 5.85. The molecule has 0 unspecified atom stereocenters. The van der Waals surface area contributed by atoms with Gasteiger partial charge in [0.05, 0.1) is 0 Å². The second-order valence-corrected chi connectivity index (χ2v) is 5.15. The van der Waals surface area contributed by atoms with Gasteiger partial charge in [-0.05, 0) is 30.7 Å². The molecular weight excluding hydrogens is 294 g/mol. The molecule has 2 aromatic rings. The third kappa shape index (κ3) is 2.90. The molecule has 0 aliphatic carbocycles. The third-order valence-corrected chi connectivity index (χ3v) is 3.36. The van der Waals surface area contributed by atoms with Crippen molar-refractivity contribution in [3.05, 3.63) is 61.4 Å². The molecule has 2 rings (SSSR count). The quantitative estimate of drug-likeness (QED) is 0.909. The highest BCUT2D eigenvalue weighted by Gasteiger charge is 2.15. The molecule has 1 heterocycles. The fourth-order valence-electron chi connectivity index (χ4n) is 1.92. The SMILES string of the molecule is Cc1cc(Cl)ccc1NC(=O)c1cn(C)c(=O)n(C)c1=O. The number of hydrogen-bond acceptors (Lipinski definition) is 3. The van der Waals surface area contributed by atoms with Gasteiger partial charge in [0.1, 0.15) is 5.56 Å². The summed E-state index contributed by atoms with van der Waals surface area (Å²) in [4.78, 5) is 35.8. The van der Waals surface area contributed by atoms with Gasteiger partial charge in [-0.1, -0.05) is 11.6 Å². The number of nitrogens with one attached hydrogen (secondary N) is 1. The molecule has 0 atom stereocenters. The molecule has 7 heteroatoms. The van der Waals surface area contributed by atoms with Gasteiger partial charge in [0.2, 0.25) is 0 Å². The van der Waals surface area contributed by atoms with E-state index in [1.54, 1.807) is 25.1 Å². The molecule has 6 nitrogen and oxygen atoms in total. The van der Waals surface area contributed by atoms with Crippen LogP contribution in [0.2, 0.25) is 5.02 Å². The van der Waals surface area contributed by atoms with Crippen molar-refractivity contribution in [3.8, 4) is 0 Å². The van der Waals surface area contributed by atoms with E-state index in [0.29, 0.717) is 10.7 Å². The van der Waals surface area contributed by atoms with Crippen molar-refractivity contribution in [2.24, 2.45) is 14.1 Å². The lowest BCUT2D eigenvalue weighted by Crippen LogP contribution is -2.40. The minimum atomic E-state index is -0.637. The van der Waals surface area contributed by atoms with Crippen molar-refractivity contribution in [1.29, 1.82) is 0 Å². The number of aryl methyl sites for hydroxylation is 2. The fraction of sp³-hybridized carbons (Fsp3) is 0.214. The van der Waals surface area contributed by atoms with Crippen LogP contribution in [0.5, 0.6) is 0 Å². The van der Waals surface area contributed by atoms with Crippen molar-refractivity contribution < 1.29 is 4.79 Å². The molecule has 1 amide bonds. The Balaban J connectivity index is 2.42. The monoisotopic (exact) mass is 307 g/mol. The Hall–Kier alpha value is -2.34. The Morgan fingerprint density at radius 3 is 2.52 bits per heavy atom. The summed E-state index contributed by atoms with van der Waals surface area (Å²) in [5, 5.41) is 3.20. The van der Waals surface area contributed by atoms with E-state index in [1.165, 1.54) is 24.9 Å². The van der Waals surface area contributed by atoms with Gasteiger partial charge in [0, 0.05) is 31.0 Å². The number of anilines is 1. The number of amides is 1. The van der Waals surface area contributed by atoms with Gasteiger partial charge in [-0.2, -0.15) is 0 Å². The predicted octanol–water partition coefficient (Wildman–Crippen LogP) is 1.30. The fourth-order valence-corrected chi connectivity index (χ4v) is 2.15. The maximum absolute atomic E-state index is 12.2. The average Bonchev–Trinajstić information content (AvgIpc) is 2.43. The average molecular weight is 308 g/mol. The zero-order valence-electron chi connectivity index (χ0n) is 11.8. The summed E-state index contributed by atoms with van der Waals surface area (Å²) in [6.45, 7) is 1.79. The smallest absolute Gasteiger partial charge is 0.322 e. The summed E-state index contributed by atoms with van der Waals surface area (Å²) in [7, 11) is 2.81. The lowest BCUT2D eigenvalue weighted by atomic mass is 10.2. The largest absolute Gasteiger partial charge is 0.330 e. The van der Waals surface area contributed by atoms with Crippen molar-refractivity contribution >= 4 is 23.2 Å². The first-order valence-corrected chi connectivity index (χ1v) is 6.53. The number of halogens is 1. The Labute approximate surface area is 125 Å². The number of aromatic nitrogens is 2. The maximum Gasteiger partial charge on any atom is 0.330 e. The van der Waals surface area contributed by atoms with Gasteiger partial charge in [0.25, 0.3) is 11.5 Å². The third-order valence-electron chi connectivity index (χ3n) is 3.13. The molecule has 1 aromatic heterocycles. The Morgan fingerprint density at radius 2 is 1.90 bits per heavy atom. The predicted molar refractivity (Wildman–Crippen MR) is 81.1 cm³/mol. The molecule has 0 fully saturated rings. The minimum absolute atomic E-state index is 0.103. The summed E-state index contributed by atoms with van der Waals surface area (Å²) < 4.78 is 2.08. The van der Waals surface area contributed by atoms with Crippen LogP contribution in [0.4, 0.5) is 5.69 Å². The standard InChI is InChI=1S/C14H14ClN3O3/c1-8-6-9(15)4-5-11(8)16-12(19)10-7-17(2)14(21)18(3)13(10)20/h4-7H,1-3H3,(H,16,19). The van der Waals surface area contributed by atoms with Crippen molar-refractivity contribution in [2.45, 2.75) is 6.92 Å². The topological polar surface area (TPSA) is 73.1 Å². The molecule has 0 radical (unpaired) electrons. The molecule has 110 valence electrons. The first kappa shape index (κ1) is 15.1. The molecule has 0 aliphatic rings. The lowest BCUT2D eigenvalue weighted by molar-refractivity contribution is 0.102. The van der Waals surface area contributed by atoms with E-state index in [1.807, 2.05) is 0 Å². The van der Waals surface area contributed by atoms with E-state index in [-0.39, 0.29) is 5.56 Å². The van der Waals surface area contributed by atoms with Gasteiger partial charge < -0.3 is 9.88 Å². The van der Waals surface area contributed by atoms with E-state index in [0.717, 1.165) is 10.1 Å². The highest BCUT2D eigenvalue weighted by Crippen LogP contribution is 2.19. The number of rotatable bonds is 2. The Morgan fingerprint density at radius 1 is 1.24 bits per heavy atom. The Kier molecular flexibility index (Phi) is 3.99. The lowest BCUT2D eigenvalue weighted by Gasteiger charge is -2.10. The zero-order chi connectivity index (χ0) is 15.7.